The number of ether oxygens (including phenoxy) is 14. The van der Waals surface area contributed by atoms with E-state index < -0.39 is 231 Å². The van der Waals surface area contributed by atoms with Gasteiger partial charge in [-0.1, -0.05) is 121 Å². The summed E-state index contributed by atoms with van der Waals surface area (Å²) >= 11 is 0. The van der Waals surface area contributed by atoms with Crippen LogP contribution in [-0.2, 0) is 85.5 Å². The summed E-state index contributed by atoms with van der Waals surface area (Å²) in [5.41, 5.74) is -11.9. The van der Waals surface area contributed by atoms with Gasteiger partial charge in [-0.15, -0.1) is 0 Å². The van der Waals surface area contributed by atoms with Gasteiger partial charge in [-0.25, -0.2) is 37.5 Å². The van der Waals surface area contributed by atoms with Crippen LogP contribution in [0.4, 0.5) is 18.4 Å². The summed E-state index contributed by atoms with van der Waals surface area (Å²) in [4.78, 5) is 112. The number of benzene rings is 4. The second-order valence-corrected chi connectivity index (χ2v) is 39.2. The first-order chi connectivity index (χ1) is 59.6. The average Bonchev–Trinajstić information content (AvgIpc) is 1.64. The molecule has 5 heterocycles. The number of hydrogen-bond acceptors (Lipinski definition) is 28. The minimum Gasteiger partial charge on any atom is -0.456 e. The number of likely N-dealkylation sites (tertiary alicyclic amines) is 1. The lowest BCUT2D eigenvalue weighted by Gasteiger charge is -2.68. The van der Waals surface area contributed by atoms with E-state index in [9.17, 15) is 63.9 Å². The summed E-state index contributed by atoms with van der Waals surface area (Å²) in [5.74, 6) is -8.90. The van der Waals surface area contributed by atoms with Gasteiger partial charge in [0.25, 0.3) is 0 Å². The number of aliphatic hydroxyl groups is 5. The Balaban J connectivity index is 0.000000206. The van der Waals surface area contributed by atoms with E-state index in [4.69, 9.17) is 66.3 Å². The van der Waals surface area contributed by atoms with Gasteiger partial charge in [0.1, 0.15) is 82.9 Å². The summed E-state index contributed by atoms with van der Waals surface area (Å²) in [6.07, 6.45) is -15.3. The Morgan fingerprint density at radius 1 is 0.559 bits per heavy atom. The SMILES string of the molecule is C=C[C@@H]1O[C@@H]2C3=C(C)[C@@H](OC(=O)[C@H](O)[C@@H](NC(=O)OC(C)(C)C)c4ccccc4F)C[C@@](O)([C@@H](OC(=O)c4ccccc4)[C@H]4[C@@](C)(CC[C@H]5OC[C@]54OC(C)=O)[C@@H]2O1)C3(C)C.CC(=O)O[C@@]12CO[C@@H]1CC[C@@]1(C)[C@@H]3O[C@H](CN4CC[C@H]4CO)O[C@@H]3C3=C(C)[C@@H](OC(=O)[C@H](O)[C@@H](NC(=O)OC(C)(C)C)c4ccccc4F)C[C@@](O)([C@@H](OC(=O)c4ccccc4)[C@@H]12)C3(C)C. The molecule has 25 atom stereocenters. The Morgan fingerprint density at radius 3 is 1.31 bits per heavy atom. The van der Waals surface area contributed by atoms with Gasteiger partial charge in [0.15, 0.2) is 36.0 Å². The van der Waals surface area contributed by atoms with Crippen molar-refractivity contribution in [3.05, 3.63) is 178 Å². The van der Waals surface area contributed by atoms with Crippen molar-refractivity contribution in [2.24, 2.45) is 33.5 Å². The number of carbonyl (C=O) groups is 8. The zero-order chi connectivity index (χ0) is 92.2. The monoisotopic (exact) mass is 1770 g/mol. The molecule has 5 saturated heterocycles. The molecule has 6 aliphatic carbocycles. The first-order valence-corrected chi connectivity index (χ1v) is 43.5. The maximum Gasteiger partial charge on any atom is 0.408 e. The fourth-order valence-electron chi connectivity index (χ4n) is 22.3. The molecule has 4 bridgehead atoms. The van der Waals surface area contributed by atoms with Gasteiger partial charge < -0.3 is 102 Å². The number of amides is 2. The van der Waals surface area contributed by atoms with Crippen molar-refractivity contribution >= 4 is 48.0 Å². The van der Waals surface area contributed by atoms with E-state index in [1.54, 1.807) is 144 Å². The number of rotatable bonds is 20. The van der Waals surface area contributed by atoms with Crippen molar-refractivity contribution in [3.63, 3.8) is 0 Å². The molecule has 5 aliphatic heterocycles. The fraction of sp³-hybridized carbons (Fsp3) is 0.600. The lowest BCUT2D eigenvalue weighted by atomic mass is 9.45. The number of hydrogen-bond donors (Lipinski definition) is 7. The number of nitrogens with zero attached hydrogens (tertiary/aromatic N) is 1. The molecule has 32 heteroatoms. The molecule has 7 N–H and O–H groups in total. The van der Waals surface area contributed by atoms with Gasteiger partial charge in [-0.05, 0) is 152 Å². The molecule has 4 saturated carbocycles. The largest absolute Gasteiger partial charge is 0.456 e. The minimum atomic E-state index is -2.20. The van der Waals surface area contributed by atoms with E-state index in [1.165, 1.54) is 56.3 Å². The number of esters is 6. The first-order valence-electron chi connectivity index (χ1n) is 43.5. The Bertz CT molecular complexity index is 4940. The van der Waals surface area contributed by atoms with Gasteiger partial charge >= 0.3 is 48.0 Å². The Kier molecular flexibility index (Phi) is 25.9. The predicted molar refractivity (Wildman–Crippen MR) is 447 cm³/mol. The first kappa shape index (κ1) is 94.0. The summed E-state index contributed by atoms with van der Waals surface area (Å²) in [6.45, 7) is 31.6. The number of carbonyl (C=O) groups excluding carboxylic acids is 8. The number of nitrogens with one attached hydrogen (secondary N) is 2. The molecule has 4 aromatic rings. The molecule has 690 valence electrons. The highest BCUT2D eigenvalue weighted by Gasteiger charge is 2.80. The topological polar surface area (TPSA) is 394 Å². The zero-order valence-electron chi connectivity index (χ0n) is 74.6. The lowest BCUT2D eigenvalue weighted by Crippen LogP contribution is -2.79. The van der Waals surface area contributed by atoms with Crippen LogP contribution >= 0.6 is 0 Å². The van der Waals surface area contributed by atoms with Crippen molar-refractivity contribution in [1.29, 1.82) is 0 Å². The van der Waals surface area contributed by atoms with E-state index in [2.05, 4.69) is 22.1 Å². The van der Waals surface area contributed by atoms with Crippen LogP contribution in [0.1, 0.15) is 200 Å². The molecule has 2 amide bonds. The number of alkyl carbamates (subject to hydrolysis) is 2. The standard InChI is InChI=1S/C49H63FN2O14.C46H56FNO13/c1-26-32(61-43(57)37(55)36(30-16-12-13-17-31(30)50)51-44(58)66-45(3,4)5)22-49(59)41(64-42(56)28-14-10-9-11-15-28)39-47(8,20-18-33-48(39,25-60-33)65-27(2)54)40-38(35(26)46(49,6)7)62-34(63-40)23-52-21-19-29(52)24-53;1-10-31-57-35-32-24(2)29(56-40(52)34(50)33(27-18-14-15-19-28(27)47)48-41(53)61-42(4,5)6)22-46(54,43(32,7)8)38(59-39(51)26-16-12-11-13-17-26)36-44(9,37(35)58-31)21-20-30-45(36,23-55-30)60-25(3)49/h9-17,29,32-34,36-41,53,55,59H,18-25H2,1-8H3,(H,51,58);10-19,29-31,33-38,50,54H,1,20-23H2,2-9H3,(H,48,53)/t29-,32-,33+,34+,36-,37+,38+,39-,40+,41-,47+,48-,49+;29-,30+,31+,33-,34+,35+,36-,37+,38-,44+,45-,46+/m00/s1. The van der Waals surface area contributed by atoms with Crippen molar-refractivity contribution in [1.82, 2.24) is 15.5 Å². The Labute approximate surface area is 736 Å². The van der Waals surface area contributed by atoms with Gasteiger partial charge in [0.2, 0.25) is 0 Å². The number of halogens is 2. The van der Waals surface area contributed by atoms with E-state index in [-0.39, 0.29) is 54.5 Å². The van der Waals surface area contributed by atoms with Crippen molar-refractivity contribution in [2.45, 2.75) is 293 Å². The van der Waals surface area contributed by atoms with Gasteiger partial charge in [-0.3, -0.25) is 14.5 Å². The number of fused-ring (bicyclic) bond motifs is 16. The van der Waals surface area contributed by atoms with Gasteiger partial charge in [0, 0.05) is 78.6 Å². The summed E-state index contributed by atoms with van der Waals surface area (Å²) in [7, 11) is 0. The third-order valence-corrected chi connectivity index (χ3v) is 28.6. The average molecular weight is 1770 g/mol. The molecule has 11 aliphatic rings. The molecule has 30 nitrogen and oxygen atoms in total. The molecule has 0 radical (unpaired) electrons. The third kappa shape index (κ3) is 16.9. The summed E-state index contributed by atoms with van der Waals surface area (Å²) < 4.78 is 119. The smallest absolute Gasteiger partial charge is 0.408 e. The quantitative estimate of drug-likeness (QED) is 0.0245. The maximum atomic E-state index is 15.4. The number of aliphatic hydroxyl groups excluding tert-OH is 3. The van der Waals surface area contributed by atoms with Crippen LogP contribution in [0.3, 0.4) is 0 Å². The second kappa shape index (κ2) is 34.9. The predicted octanol–water partition coefficient (Wildman–Crippen LogP) is 10.5. The van der Waals surface area contributed by atoms with Crippen molar-refractivity contribution in [3.8, 4) is 0 Å². The molecule has 15 rings (SSSR count). The highest BCUT2D eigenvalue weighted by molar-refractivity contribution is 5.90. The minimum absolute atomic E-state index is 0.0472. The van der Waals surface area contributed by atoms with Gasteiger partial charge in [0.05, 0.1) is 67.1 Å². The maximum absolute atomic E-state index is 15.4. The van der Waals surface area contributed by atoms with Crippen LogP contribution in [0.15, 0.2) is 144 Å². The van der Waals surface area contributed by atoms with Crippen LogP contribution < -0.4 is 10.6 Å². The van der Waals surface area contributed by atoms with Crippen LogP contribution in [0.5, 0.6) is 0 Å². The highest BCUT2D eigenvalue weighted by atomic mass is 19.1. The van der Waals surface area contributed by atoms with Crippen LogP contribution in [0.2, 0.25) is 0 Å². The normalized spacial score (nSPS) is 35.1. The second-order valence-electron chi connectivity index (χ2n) is 39.2. The molecule has 9 fully saturated rings. The molecular weight excluding hydrogens is 1650 g/mol. The Hall–Kier alpha value is -9.16. The zero-order valence-corrected chi connectivity index (χ0v) is 74.6. The van der Waals surface area contributed by atoms with E-state index in [1.807, 2.05) is 13.8 Å². The van der Waals surface area contributed by atoms with Crippen LogP contribution in [0, 0.1) is 45.1 Å². The molecule has 127 heavy (non-hydrogen) atoms. The Morgan fingerprint density at radius 2 is 0.953 bits per heavy atom. The fourth-order valence-corrected chi connectivity index (χ4v) is 22.3. The molecular formula is C95H119F2N3O27. The molecule has 0 unspecified atom stereocenters. The van der Waals surface area contributed by atoms with Crippen LogP contribution in [-0.4, -0.2) is 237 Å². The molecule has 0 aromatic heterocycles. The molecule has 4 aromatic carbocycles. The van der Waals surface area contributed by atoms with Crippen molar-refractivity contribution in [2.75, 3.05) is 32.9 Å². The van der Waals surface area contributed by atoms with Crippen LogP contribution in [0.25, 0.3) is 0 Å². The van der Waals surface area contributed by atoms with E-state index in [0.717, 1.165) is 18.6 Å². The van der Waals surface area contributed by atoms with E-state index >= 15 is 8.78 Å². The van der Waals surface area contributed by atoms with Crippen molar-refractivity contribution < 1.29 is 139 Å². The lowest BCUT2D eigenvalue weighted by molar-refractivity contribution is -0.345. The summed E-state index contributed by atoms with van der Waals surface area (Å²) in [6, 6.07) is 23.7. The summed E-state index contributed by atoms with van der Waals surface area (Å²) in [5, 5.41) is 66.2. The van der Waals surface area contributed by atoms with Gasteiger partial charge in [-0.2, -0.15) is 0 Å². The highest BCUT2D eigenvalue weighted by Crippen LogP contribution is 2.70. The van der Waals surface area contributed by atoms with E-state index in [0.29, 0.717) is 61.1 Å². The third-order valence-electron chi connectivity index (χ3n) is 28.6. The molecule has 0 spiro atoms.